The Balaban J connectivity index is 2.65. The summed E-state index contributed by atoms with van der Waals surface area (Å²) in [6.07, 6.45) is 0.830. The lowest BCUT2D eigenvalue weighted by Crippen LogP contribution is -2.40. The predicted octanol–water partition coefficient (Wildman–Crippen LogP) is 1.91. The third-order valence-corrected chi connectivity index (χ3v) is 3.10. The van der Waals surface area contributed by atoms with Crippen LogP contribution in [0.25, 0.3) is 0 Å². The Kier molecular flexibility index (Phi) is 5.15. The van der Waals surface area contributed by atoms with Gasteiger partial charge in [0.05, 0.1) is 11.4 Å². The monoisotopic (exact) mass is 254 g/mol. The van der Waals surface area contributed by atoms with Crippen LogP contribution in [0.5, 0.6) is 0 Å². The molecule has 0 radical (unpaired) electrons. The van der Waals surface area contributed by atoms with Gasteiger partial charge in [0.25, 0.3) is 0 Å². The summed E-state index contributed by atoms with van der Waals surface area (Å²) in [4.78, 5) is 24.9. The number of amides is 1. The van der Waals surface area contributed by atoms with Gasteiger partial charge in [0.2, 0.25) is 5.91 Å². The molecule has 1 aromatic rings. The standard InChI is InChI=1S/C12H18N2O2S/c1-4-14(6-12(16)13-9(2)3)10-5-11(7-15)17-8-10/h5,7-9H,4,6H2,1-3H3,(H,13,16). The molecule has 0 aromatic carbocycles. The molecule has 0 bridgehead atoms. The molecule has 1 heterocycles. The first kappa shape index (κ1) is 13.7. The minimum Gasteiger partial charge on any atom is -0.362 e. The van der Waals surface area contributed by atoms with Gasteiger partial charge in [-0.2, -0.15) is 0 Å². The van der Waals surface area contributed by atoms with Crippen LogP contribution in [0.15, 0.2) is 11.4 Å². The maximum Gasteiger partial charge on any atom is 0.239 e. The molecule has 0 spiro atoms. The Labute approximate surface area is 106 Å². The SMILES string of the molecule is CCN(CC(=O)NC(C)C)c1csc(C=O)c1. The van der Waals surface area contributed by atoms with Gasteiger partial charge in [-0.25, -0.2) is 0 Å². The van der Waals surface area contributed by atoms with Crippen LogP contribution in [0, 0.1) is 0 Å². The van der Waals surface area contributed by atoms with E-state index >= 15 is 0 Å². The van der Waals surface area contributed by atoms with Gasteiger partial charge in [0, 0.05) is 23.7 Å². The van der Waals surface area contributed by atoms with Crippen molar-refractivity contribution in [3.8, 4) is 0 Å². The van der Waals surface area contributed by atoms with Crippen LogP contribution < -0.4 is 10.2 Å². The zero-order chi connectivity index (χ0) is 12.8. The summed E-state index contributed by atoms with van der Waals surface area (Å²) in [7, 11) is 0. The number of aldehydes is 1. The minimum absolute atomic E-state index is 0.000651. The molecule has 1 amide bonds. The van der Waals surface area contributed by atoms with Gasteiger partial charge >= 0.3 is 0 Å². The van der Waals surface area contributed by atoms with Crippen LogP contribution >= 0.6 is 11.3 Å². The lowest BCUT2D eigenvalue weighted by Gasteiger charge is -2.21. The largest absolute Gasteiger partial charge is 0.362 e. The summed E-state index contributed by atoms with van der Waals surface area (Å²) in [6, 6.07) is 1.96. The molecule has 94 valence electrons. The summed E-state index contributed by atoms with van der Waals surface area (Å²) in [5.41, 5.74) is 0.929. The van der Waals surface area contributed by atoms with E-state index in [9.17, 15) is 9.59 Å². The van der Waals surface area contributed by atoms with Crippen LogP contribution in [-0.4, -0.2) is 31.3 Å². The number of anilines is 1. The van der Waals surface area contributed by atoms with Gasteiger partial charge in [-0.3, -0.25) is 9.59 Å². The molecule has 0 unspecified atom stereocenters. The number of nitrogens with one attached hydrogen (secondary N) is 1. The molecular weight excluding hydrogens is 236 g/mol. The summed E-state index contributed by atoms with van der Waals surface area (Å²) >= 11 is 1.39. The quantitative estimate of drug-likeness (QED) is 0.789. The number of hydrogen-bond donors (Lipinski definition) is 1. The second kappa shape index (κ2) is 6.39. The summed E-state index contributed by atoms with van der Waals surface area (Å²) in [5.74, 6) is 0.000651. The highest BCUT2D eigenvalue weighted by molar-refractivity contribution is 7.12. The molecule has 0 aliphatic rings. The molecule has 0 saturated carbocycles. The van der Waals surface area contributed by atoms with E-state index in [0.717, 1.165) is 18.5 Å². The Bertz CT molecular complexity index is 388. The first-order chi connectivity index (χ1) is 8.06. The molecule has 0 aliphatic carbocycles. The van der Waals surface area contributed by atoms with E-state index < -0.39 is 0 Å². The number of hydrogen-bond acceptors (Lipinski definition) is 4. The van der Waals surface area contributed by atoms with Crippen molar-refractivity contribution in [2.75, 3.05) is 18.0 Å². The molecule has 5 heteroatoms. The first-order valence-corrected chi connectivity index (χ1v) is 6.52. The summed E-state index contributed by atoms with van der Waals surface area (Å²) < 4.78 is 0. The van der Waals surface area contributed by atoms with E-state index in [1.807, 2.05) is 37.1 Å². The summed E-state index contributed by atoms with van der Waals surface area (Å²) in [5, 5.41) is 4.75. The lowest BCUT2D eigenvalue weighted by molar-refractivity contribution is -0.120. The lowest BCUT2D eigenvalue weighted by atomic mass is 10.3. The topological polar surface area (TPSA) is 49.4 Å². The second-order valence-electron chi connectivity index (χ2n) is 4.06. The highest BCUT2D eigenvalue weighted by Crippen LogP contribution is 2.21. The first-order valence-electron chi connectivity index (χ1n) is 5.64. The number of likely N-dealkylation sites (N-methyl/N-ethyl adjacent to an activating group) is 1. The zero-order valence-corrected chi connectivity index (χ0v) is 11.2. The maximum atomic E-state index is 11.7. The molecule has 0 aliphatic heterocycles. The van der Waals surface area contributed by atoms with Gasteiger partial charge in [0.15, 0.2) is 6.29 Å². The number of carbonyl (C=O) groups excluding carboxylic acids is 2. The highest BCUT2D eigenvalue weighted by Gasteiger charge is 2.12. The fourth-order valence-corrected chi connectivity index (χ4v) is 2.21. The zero-order valence-electron chi connectivity index (χ0n) is 10.4. The number of carbonyl (C=O) groups is 2. The Morgan fingerprint density at radius 1 is 1.59 bits per heavy atom. The van der Waals surface area contributed by atoms with Gasteiger partial charge < -0.3 is 10.2 Å². The van der Waals surface area contributed by atoms with E-state index in [-0.39, 0.29) is 11.9 Å². The van der Waals surface area contributed by atoms with E-state index in [1.165, 1.54) is 11.3 Å². The van der Waals surface area contributed by atoms with Crippen molar-refractivity contribution < 1.29 is 9.59 Å². The molecule has 0 atom stereocenters. The van der Waals surface area contributed by atoms with Crippen LogP contribution in [0.3, 0.4) is 0 Å². The fourth-order valence-electron chi connectivity index (χ4n) is 1.50. The summed E-state index contributed by atoms with van der Waals surface area (Å²) in [6.45, 7) is 6.91. The fraction of sp³-hybridized carbons (Fsp3) is 0.500. The second-order valence-corrected chi connectivity index (χ2v) is 5.00. The maximum absolute atomic E-state index is 11.7. The van der Waals surface area contributed by atoms with Crippen molar-refractivity contribution >= 4 is 29.2 Å². The molecule has 1 aromatic heterocycles. The van der Waals surface area contributed by atoms with E-state index in [4.69, 9.17) is 0 Å². The van der Waals surface area contributed by atoms with E-state index in [0.29, 0.717) is 11.4 Å². The average Bonchev–Trinajstić information content (AvgIpc) is 2.73. The Hall–Kier alpha value is -1.36. The molecular formula is C12H18N2O2S. The average molecular weight is 254 g/mol. The van der Waals surface area contributed by atoms with Crippen molar-refractivity contribution in [1.82, 2.24) is 5.32 Å². The van der Waals surface area contributed by atoms with E-state index in [1.54, 1.807) is 0 Å². The number of thiophene rings is 1. The minimum atomic E-state index is 0.000651. The third kappa shape index (κ3) is 4.19. The van der Waals surface area contributed by atoms with Crippen LogP contribution in [0.4, 0.5) is 5.69 Å². The van der Waals surface area contributed by atoms with Gasteiger partial charge in [-0.05, 0) is 26.8 Å². The van der Waals surface area contributed by atoms with Gasteiger partial charge in [-0.1, -0.05) is 0 Å². The third-order valence-electron chi connectivity index (χ3n) is 2.25. The molecule has 4 nitrogen and oxygen atoms in total. The molecule has 1 rings (SSSR count). The van der Waals surface area contributed by atoms with Gasteiger partial charge in [-0.15, -0.1) is 11.3 Å². The smallest absolute Gasteiger partial charge is 0.239 e. The van der Waals surface area contributed by atoms with Crippen LogP contribution in [0.2, 0.25) is 0 Å². The van der Waals surface area contributed by atoms with Crippen LogP contribution in [0.1, 0.15) is 30.4 Å². The molecule has 0 saturated heterocycles. The van der Waals surface area contributed by atoms with Crippen molar-refractivity contribution in [3.05, 3.63) is 16.3 Å². The number of rotatable bonds is 6. The molecule has 1 N–H and O–H groups in total. The predicted molar refractivity (Wildman–Crippen MR) is 70.9 cm³/mol. The van der Waals surface area contributed by atoms with Crippen molar-refractivity contribution in [1.29, 1.82) is 0 Å². The Morgan fingerprint density at radius 2 is 2.29 bits per heavy atom. The molecule has 17 heavy (non-hydrogen) atoms. The van der Waals surface area contributed by atoms with Crippen molar-refractivity contribution in [2.45, 2.75) is 26.8 Å². The van der Waals surface area contributed by atoms with E-state index in [2.05, 4.69) is 5.32 Å². The number of nitrogens with zero attached hydrogens (tertiary/aromatic N) is 1. The Morgan fingerprint density at radius 3 is 2.76 bits per heavy atom. The van der Waals surface area contributed by atoms with Crippen molar-refractivity contribution in [3.63, 3.8) is 0 Å². The van der Waals surface area contributed by atoms with Crippen LogP contribution in [-0.2, 0) is 4.79 Å². The highest BCUT2D eigenvalue weighted by atomic mass is 32.1. The normalized spacial score (nSPS) is 10.4. The van der Waals surface area contributed by atoms with Crippen molar-refractivity contribution in [2.24, 2.45) is 0 Å². The van der Waals surface area contributed by atoms with Gasteiger partial charge in [0.1, 0.15) is 0 Å². The molecule has 0 fully saturated rings.